The summed E-state index contributed by atoms with van der Waals surface area (Å²) < 4.78 is 5.31. The highest BCUT2D eigenvalue weighted by atomic mass is 16.5. The lowest BCUT2D eigenvalue weighted by molar-refractivity contribution is 0.0941. The minimum atomic E-state index is -0.0800. The van der Waals surface area contributed by atoms with E-state index in [4.69, 9.17) is 4.74 Å². The number of nitrogens with zero attached hydrogens (tertiary/aromatic N) is 1. The van der Waals surface area contributed by atoms with Gasteiger partial charge in [-0.3, -0.25) is 9.78 Å². The summed E-state index contributed by atoms with van der Waals surface area (Å²) in [6.45, 7) is 4.19. The summed E-state index contributed by atoms with van der Waals surface area (Å²) in [5.74, 6) is -0.0800. The fourth-order valence-corrected chi connectivity index (χ4v) is 1.22. The van der Waals surface area contributed by atoms with Crippen LogP contribution in [0.15, 0.2) is 24.5 Å². The van der Waals surface area contributed by atoms with Gasteiger partial charge in [-0.25, -0.2) is 0 Å². The highest BCUT2D eigenvalue weighted by molar-refractivity contribution is 5.93. The maximum absolute atomic E-state index is 11.5. The van der Waals surface area contributed by atoms with Gasteiger partial charge < -0.3 is 10.1 Å². The molecule has 1 N–H and O–H groups in total. The van der Waals surface area contributed by atoms with Crippen molar-refractivity contribution in [3.05, 3.63) is 30.1 Å². The number of hydrogen-bond donors (Lipinski definition) is 1. The molecule has 4 heteroatoms. The molecule has 0 bridgehead atoms. The Morgan fingerprint density at radius 3 is 3.06 bits per heavy atom. The van der Waals surface area contributed by atoms with E-state index in [-0.39, 0.29) is 5.91 Å². The summed E-state index contributed by atoms with van der Waals surface area (Å²) in [5.41, 5.74) is 0.594. The summed E-state index contributed by atoms with van der Waals surface area (Å²) in [5, 5.41) is 2.82. The van der Waals surface area contributed by atoms with E-state index in [9.17, 15) is 4.79 Å². The molecule has 1 aromatic heterocycles. The van der Waals surface area contributed by atoms with Crippen molar-refractivity contribution in [1.82, 2.24) is 10.3 Å². The Bertz CT molecular complexity index is 301. The Hall–Kier alpha value is -1.42. The van der Waals surface area contributed by atoms with Crippen molar-refractivity contribution in [3.8, 4) is 0 Å². The summed E-state index contributed by atoms with van der Waals surface area (Å²) in [6.07, 6.45) is 5.08. The summed E-state index contributed by atoms with van der Waals surface area (Å²) in [4.78, 5) is 15.4. The Labute approximate surface area is 96.0 Å². The number of nitrogens with one attached hydrogen (secondary N) is 1. The lowest BCUT2D eigenvalue weighted by Gasteiger charge is -2.05. The summed E-state index contributed by atoms with van der Waals surface area (Å²) in [6, 6.07) is 3.50. The van der Waals surface area contributed by atoms with E-state index in [1.54, 1.807) is 24.5 Å². The van der Waals surface area contributed by atoms with Crippen molar-refractivity contribution in [3.63, 3.8) is 0 Å². The maximum Gasteiger partial charge on any atom is 0.252 e. The second-order valence-corrected chi connectivity index (χ2v) is 3.46. The first-order chi connectivity index (χ1) is 7.84. The first-order valence-corrected chi connectivity index (χ1v) is 5.60. The highest BCUT2D eigenvalue weighted by Crippen LogP contribution is 1.94. The predicted molar refractivity (Wildman–Crippen MR) is 62.3 cm³/mol. The predicted octanol–water partition coefficient (Wildman–Crippen LogP) is 1.63. The van der Waals surface area contributed by atoms with Crippen LogP contribution in [0.4, 0.5) is 0 Å². The molecule has 1 amide bonds. The second kappa shape index (κ2) is 7.82. The van der Waals surface area contributed by atoms with Crippen LogP contribution in [0.1, 0.15) is 30.1 Å². The minimum Gasteiger partial charge on any atom is -0.381 e. The average molecular weight is 222 g/mol. The van der Waals surface area contributed by atoms with Crippen LogP contribution in [0.25, 0.3) is 0 Å². The first-order valence-electron chi connectivity index (χ1n) is 5.60. The van der Waals surface area contributed by atoms with Crippen LogP contribution in [0.3, 0.4) is 0 Å². The fourth-order valence-electron chi connectivity index (χ4n) is 1.22. The molecule has 88 valence electrons. The number of carbonyl (C=O) groups is 1. The monoisotopic (exact) mass is 222 g/mol. The van der Waals surface area contributed by atoms with Gasteiger partial charge in [0.05, 0.1) is 5.56 Å². The molecule has 1 rings (SSSR count). The quantitative estimate of drug-likeness (QED) is 0.713. The molecular weight excluding hydrogens is 204 g/mol. The van der Waals surface area contributed by atoms with Gasteiger partial charge in [0.1, 0.15) is 0 Å². The van der Waals surface area contributed by atoms with Crippen molar-refractivity contribution in [2.75, 3.05) is 19.8 Å². The zero-order valence-corrected chi connectivity index (χ0v) is 9.61. The number of rotatable bonds is 7. The van der Waals surface area contributed by atoms with Gasteiger partial charge in [0.15, 0.2) is 0 Å². The number of aromatic nitrogens is 1. The number of carbonyl (C=O) groups excluding carboxylic acids is 1. The first kappa shape index (κ1) is 12.6. The van der Waals surface area contributed by atoms with Gasteiger partial charge in [0, 0.05) is 32.2 Å². The minimum absolute atomic E-state index is 0.0800. The van der Waals surface area contributed by atoms with Crippen LogP contribution in [-0.2, 0) is 4.74 Å². The highest BCUT2D eigenvalue weighted by Gasteiger charge is 2.02. The van der Waals surface area contributed by atoms with Crippen LogP contribution < -0.4 is 5.32 Å². The molecule has 0 radical (unpaired) electrons. The van der Waals surface area contributed by atoms with Crippen LogP contribution in [0.5, 0.6) is 0 Å². The summed E-state index contributed by atoms with van der Waals surface area (Å²) >= 11 is 0. The molecule has 1 heterocycles. The second-order valence-electron chi connectivity index (χ2n) is 3.46. The van der Waals surface area contributed by atoms with E-state index < -0.39 is 0 Å². The van der Waals surface area contributed by atoms with E-state index in [0.717, 1.165) is 19.4 Å². The van der Waals surface area contributed by atoms with Crippen LogP contribution in [0.2, 0.25) is 0 Å². The molecule has 0 atom stereocenters. The van der Waals surface area contributed by atoms with E-state index in [1.807, 2.05) is 0 Å². The van der Waals surface area contributed by atoms with Crippen LogP contribution in [-0.4, -0.2) is 30.6 Å². The Kier molecular flexibility index (Phi) is 6.18. The Balaban J connectivity index is 2.12. The number of pyridine rings is 1. The SMILES string of the molecule is CCCOCCCNC(=O)c1cccnc1. The van der Waals surface area contributed by atoms with Crippen molar-refractivity contribution < 1.29 is 9.53 Å². The standard InChI is InChI=1S/C12H18N2O2/c1-2-8-16-9-4-7-14-12(15)11-5-3-6-13-10-11/h3,5-6,10H,2,4,7-9H2,1H3,(H,14,15). The van der Waals surface area contributed by atoms with Gasteiger partial charge in [-0.2, -0.15) is 0 Å². The molecule has 0 aliphatic heterocycles. The molecule has 0 saturated heterocycles. The molecule has 0 unspecified atom stereocenters. The van der Waals surface area contributed by atoms with E-state index in [2.05, 4.69) is 17.2 Å². The molecular formula is C12H18N2O2. The van der Waals surface area contributed by atoms with Gasteiger partial charge in [-0.15, -0.1) is 0 Å². The third-order valence-electron chi connectivity index (χ3n) is 2.02. The molecule has 1 aromatic rings. The van der Waals surface area contributed by atoms with Crippen LogP contribution in [0, 0.1) is 0 Å². The lowest BCUT2D eigenvalue weighted by Crippen LogP contribution is -2.25. The molecule has 0 aliphatic carbocycles. The molecule has 0 spiro atoms. The van der Waals surface area contributed by atoms with E-state index in [0.29, 0.717) is 18.7 Å². The number of hydrogen-bond acceptors (Lipinski definition) is 3. The normalized spacial score (nSPS) is 10.1. The van der Waals surface area contributed by atoms with E-state index >= 15 is 0 Å². The number of ether oxygens (including phenoxy) is 1. The number of amides is 1. The van der Waals surface area contributed by atoms with Gasteiger partial charge in [-0.05, 0) is 25.0 Å². The third-order valence-corrected chi connectivity index (χ3v) is 2.02. The van der Waals surface area contributed by atoms with E-state index in [1.165, 1.54) is 0 Å². The Morgan fingerprint density at radius 1 is 1.50 bits per heavy atom. The third kappa shape index (κ3) is 4.89. The molecule has 4 nitrogen and oxygen atoms in total. The smallest absolute Gasteiger partial charge is 0.252 e. The van der Waals surface area contributed by atoms with Gasteiger partial charge in [-0.1, -0.05) is 6.92 Å². The fraction of sp³-hybridized carbons (Fsp3) is 0.500. The molecule has 0 aromatic carbocycles. The summed E-state index contributed by atoms with van der Waals surface area (Å²) in [7, 11) is 0. The largest absolute Gasteiger partial charge is 0.381 e. The van der Waals surface area contributed by atoms with Gasteiger partial charge >= 0.3 is 0 Å². The van der Waals surface area contributed by atoms with Crippen molar-refractivity contribution >= 4 is 5.91 Å². The van der Waals surface area contributed by atoms with Crippen molar-refractivity contribution in [1.29, 1.82) is 0 Å². The van der Waals surface area contributed by atoms with Gasteiger partial charge in [0.25, 0.3) is 5.91 Å². The topological polar surface area (TPSA) is 51.2 Å². The molecule has 16 heavy (non-hydrogen) atoms. The maximum atomic E-state index is 11.5. The average Bonchev–Trinajstić information content (AvgIpc) is 2.34. The van der Waals surface area contributed by atoms with Crippen LogP contribution >= 0.6 is 0 Å². The zero-order chi connectivity index (χ0) is 11.6. The van der Waals surface area contributed by atoms with Gasteiger partial charge in [0.2, 0.25) is 0 Å². The van der Waals surface area contributed by atoms with Crippen molar-refractivity contribution in [2.45, 2.75) is 19.8 Å². The molecule has 0 fully saturated rings. The molecule has 0 saturated carbocycles. The lowest BCUT2D eigenvalue weighted by atomic mass is 10.2. The van der Waals surface area contributed by atoms with Crippen molar-refractivity contribution in [2.24, 2.45) is 0 Å². The molecule has 0 aliphatic rings. The zero-order valence-electron chi connectivity index (χ0n) is 9.61. The Morgan fingerprint density at radius 2 is 2.38 bits per heavy atom.